The van der Waals surface area contributed by atoms with Gasteiger partial charge in [-0.2, -0.15) is 0 Å². The molecule has 10 aromatic rings. The smallest absolute Gasteiger partial charge is 0.248 e. The van der Waals surface area contributed by atoms with Crippen LogP contribution in [0.1, 0.15) is 108 Å². The molecule has 0 spiro atoms. The van der Waals surface area contributed by atoms with Gasteiger partial charge in [0, 0.05) is 84.0 Å². The van der Waals surface area contributed by atoms with Gasteiger partial charge in [0.2, 0.25) is 11.8 Å². The molecule has 6 heterocycles. The molecule has 2 saturated carbocycles. The Morgan fingerprint density at radius 1 is 0.571 bits per heavy atom. The zero-order valence-electron chi connectivity index (χ0n) is 53.0. The van der Waals surface area contributed by atoms with E-state index in [1.165, 1.54) is 21.5 Å². The monoisotopic (exact) mass is 1190 g/mol. The third-order valence-electron chi connectivity index (χ3n) is 16.3. The average molecular weight is 1190 g/mol. The van der Waals surface area contributed by atoms with E-state index in [1.807, 2.05) is 69.8 Å². The van der Waals surface area contributed by atoms with Crippen LogP contribution in [0.4, 0.5) is 17.6 Å². The number of halogens is 4. The average Bonchev–Trinajstić information content (AvgIpc) is 1.57. The maximum absolute atomic E-state index is 14.4. The number of fused-ring (bicyclic) bond motifs is 6. The highest BCUT2D eigenvalue weighted by atomic mass is 32.2. The number of alkyl halides is 4. The standard InChI is InChI=1S/2C31H33F2N5O3S/c2*1-5-41-26-17-23(42(4,39)40)16-24-27(26)28-25(15-22(18-34-28)29-19(2)35-36-37(29)3)38(24)30(20-9-7-6-8-10-20)21-11-13-31(32,33)14-12-21/h2*6-10,15-18,21,30H,5,11-14H2,1-4H3/i2*2D3. The molecule has 2 aliphatic carbocycles. The zero-order valence-corrected chi connectivity index (χ0v) is 48.7. The van der Waals surface area contributed by atoms with Crippen molar-refractivity contribution in [2.45, 2.75) is 113 Å². The van der Waals surface area contributed by atoms with E-state index < -0.39 is 57.3 Å². The topological polar surface area (TPSA) is 184 Å². The lowest BCUT2D eigenvalue weighted by molar-refractivity contribution is -0.0498. The van der Waals surface area contributed by atoms with Crippen LogP contribution in [0, 0.1) is 25.5 Å². The van der Waals surface area contributed by atoms with Crippen molar-refractivity contribution >= 4 is 63.5 Å². The Morgan fingerprint density at radius 3 is 1.27 bits per heavy atom. The van der Waals surface area contributed by atoms with E-state index in [2.05, 4.69) is 20.6 Å². The summed E-state index contributed by atoms with van der Waals surface area (Å²) >= 11 is 0. The van der Waals surface area contributed by atoms with E-state index in [9.17, 15) is 34.4 Å². The third-order valence-corrected chi connectivity index (χ3v) is 18.5. The molecule has 84 heavy (non-hydrogen) atoms. The Kier molecular flexibility index (Phi) is 13.5. The van der Waals surface area contributed by atoms with Crippen LogP contribution in [0.25, 0.3) is 66.4 Å². The van der Waals surface area contributed by atoms with Crippen LogP contribution in [0.5, 0.6) is 11.5 Å². The minimum atomic E-state index is -3.69. The highest BCUT2D eigenvalue weighted by molar-refractivity contribution is 7.91. The Bertz CT molecular complexity index is 4290. The fourth-order valence-electron chi connectivity index (χ4n) is 12.4. The van der Waals surface area contributed by atoms with E-state index in [0.717, 1.165) is 23.6 Å². The van der Waals surface area contributed by atoms with Crippen LogP contribution in [0.15, 0.2) is 119 Å². The molecule has 12 rings (SSSR count). The first kappa shape index (κ1) is 50.8. The highest BCUT2D eigenvalue weighted by Gasteiger charge is 2.42. The molecule has 2 atom stereocenters. The van der Waals surface area contributed by atoms with Gasteiger partial charge in [0.05, 0.1) is 102 Å². The van der Waals surface area contributed by atoms with E-state index in [4.69, 9.17) is 27.7 Å². The van der Waals surface area contributed by atoms with Gasteiger partial charge in [0.15, 0.2) is 19.7 Å². The van der Waals surface area contributed by atoms with Crippen molar-refractivity contribution in [3.8, 4) is 34.0 Å². The van der Waals surface area contributed by atoms with E-state index in [0.29, 0.717) is 66.5 Å². The molecule has 0 aliphatic heterocycles. The molecule has 22 heteroatoms. The number of aromatic nitrogens is 10. The second-order valence-electron chi connectivity index (χ2n) is 21.9. The number of hydrogen-bond acceptors (Lipinski definition) is 12. The Balaban J connectivity index is 0.000000185. The Morgan fingerprint density at radius 2 is 0.940 bits per heavy atom. The minimum absolute atomic E-state index is 0.0465. The van der Waals surface area contributed by atoms with Crippen LogP contribution in [-0.2, 0) is 33.8 Å². The SMILES string of the molecule is [2H]C([2H])([2H])c1nnn(C)c1-c1cnc2c3c(OCC)cc(S(C)(=O)=O)cc3n(C(c3ccccc3)C3CCC(F)(F)CC3)c2c1.[2H]C([2H])([2H])c1nnn(C)c1-c1cnc2c3c(OCC)cc(S(C)(=O)=O)cc3n(C(c3ccccc3)C3CCC(F)(F)CC3)c2c1. The molecule has 2 fully saturated rings. The summed E-state index contributed by atoms with van der Waals surface area (Å²) in [5.74, 6) is -5.29. The molecule has 0 bridgehead atoms. The van der Waals surface area contributed by atoms with Crippen LogP contribution in [-0.4, -0.2) is 103 Å². The van der Waals surface area contributed by atoms with Gasteiger partial charge in [-0.15, -0.1) is 10.2 Å². The van der Waals surface area contributed by atoms with Gasteiger partial charge in [-0.3, -0.25) is 9.97 Å². The molecule has 0 saturated heterocycles. The summed E-state index contributed by atoms with van der Waals surface area (Å²) in [5, 5.41) is 16.9. The summed E-state index contributed by atoms with van der Waals surface area (Å²) in [4.78, 5) is 9.71. The number of sulfone groups is 2. The minimum Gasteiger partial charge on any atom is -0.493 e. The molecule has 2 aliphatic rings. The predicted octanol–water partition coefficient (Wildman–Crippen LogP) is 13.0. The maximum atomic E-state index is 14.4. The van der Waals surface area contributed by atoms with Crippen molar-refractivity contribution in [3.63, 3.8) is 0 Å². The molecule has 0 amide bonds. The number of ether oxygens (including phenoxy) is 2. The molecule has 0 N–H and O–H groups in total. The van der Waals surface area contributed by atoms with Crippen molar-refractivity contribution in [2.24, 2.45) is 25.9 Å². The second-order valence-corrected chi connectivity index (χ2v) is 25.9. The summed E-state index contributed by atoms with van der Waals surface area (Å²) < 4.78 is 176. The van der Waals surface area contributed by atoms with Gasteiger partial charge in [-0.25, -0.2) is 43.8 Å². The number of benzene rings is 4. The van der Waals surface area contributed by atoms with E-state index >= 15 is 0 Å². The van der Waals surface area contributed by atoms with Gasteiger partial charge in [-0.1, -0.05) is 71.1 Å². The first-order valence-corrected chi connectivity index (χ1v) is 31.4. The zero-order chi connectivity index (χ0) is 64.6. The molecule has 6 aromatic heterocycles. The van der Waals surface area contributed by atoms with Gasteiger partial charge >= 0.3 is 0 Å². The quantitative estimate of drug-likeness (QED) is 0.0940. The summed E-state index contributed by atoms with van der Waals surface area (Å²) in [6.45, 7) is -0.977. The first-order valence-electron chi connectivity index (χ1n) is 30.7. The van der Waals surface area contributed by atoms with Gasteiger partial charge in [0.25, 0.3) is 0 Å². The van der Waals surface area contributed by atoms with Crippen molar-refractivity contribution in [1.82, 2.24) is 49.1 Å². The Hall–Kier alpha value is -7.72. The lowest BCUT2D eigenvalue weighted by atomic mass is 9.79. The van der Waals surface area contributed by atoms with Crippen LogP contribution in [0.2, 0.25) is 0 Å². The third kappa shape index (κ3) is 11.0. The highest BCUT2D eigenvalue weighted by Crippen LogP contribution is 2.50. The number of pyridine rings is 2. The fourth-order valence-corrected chi connectivity index (χ4v) is 13.7. The van der Waals surface area contributed by atoms with Gasteiger partial charge in [0.1, 0.15) is 11.5 Å². The molecule has 0 radical (unpaired) electrons. The van der Waals surface area contributed by atoms with Crippen molar-refractivity contribution < 1.29 is 52.1 Å². The largest absolute Gasteiger partial charge is 0.493 e. The fraction of sp³-hybridized carbons (Fsp3) is 0.387. The van der Waals surface area contributed by atoms with E-state index in [-0.39, 0.29) is 109 Å². The first-order chi connectivity index (χ1) is 42.4. The van der Waals surface area contributed by atoms with Crippen molar-refractivity contribution in [1.29, 1.82) is 0 Å². The molecule has 4 aromatic carbocycles. The summed E-state index contributed by atoms with van der Waals surface area (Å²) in [6, 6.07) is 27.8. The van der Waals surface area contributed by atoms with Crippen molar-refractivity contribution in [2.75, 3.05) is 25.7 Å². The Labute approximate surface area is 493 Å². The second kappa shape index (κ2) is 22.4. The summed E-state index contributed by atoms with van der Waals surface area (Å²) in [7, 11) is -4.18. The molecule has 440 valence electrons. The van der Waals surface area contributed by atoms with Crippen molar-refractivity contribution in [3.05, 3.63) is 132 Å². The van der Waals surface area contributed by atoms with Crippen LogP contribution >= 0.6 is 0 Å². The summed E-state index contributed by atoms with van der Waals surface area (Å²) in [6.07, 6.45) is 5.28. The maximum Gasteiger partial charge on any atom is 0.248 e. The number of hydrogen-bond donors (Lipinski definition) is 0. The normalized spacial score (nSPS) is 18.1. The molecule has 2 unspecified atom stereocenters. The molecular formula is C62H66F4N10O6S2. The van der Waals surface area contributed by atoms with Gasteiger partial charge in [-0.05, 0) is 113 Å². The predicted molar refractivity (Wildman–Crippen MR) is 315 cm³/mol. The molecular weight excluding hydrogens is 1120 g/mol. The van der Waals surface area contributed by atoms with Gasteiger partial charge < -0.3 is 18.6 Å². The number of aryl methyl sites for hydroxylation is 4. The lowest BCUT2D eigenvalue weighted by Crippen LogP contribution is -2.30. The molecule has 16 nitrogen and oxygen atoms in total. The number of nitrogens with zero attached hydrogens (tertiary/aromatic N) is 10. The van der Waals surface area contributed by atoms with Crippen LogP contribution < -0.4 is 9.47 Å². The van der Waals surface area contributed by atoms with Crippen LogP contribution in [0.3, 0.4) is 0 Å². The number of rotatable bonds is 14. The van der Waals surface area contributed by atoms with E-state index in [1.54, 1.807) is 64.6 Å². The lowest BCUT2D eigenvalue weighted by Gasteiger charge is -2.35. The summed E-state index contributed by atoms with van der Waals surface area (Å²) in [5.41, 5.74) is 5.95.